The van der Waals surface area contributed by atoms with Gasteiger partial charge in [0.2, 0.25) is 0 Å². The molecule has 1 aliphatic heterocycles. The molecular weight excluding hydrogens is 388 g/mol. The van der Waals surface area contributed by atoms with E-state index in [2.05, 4.69) is 5.32 Å². The molecule has 1 N–H and O–H groups in total. The van der Waals surface area contributed by atoms with E-state index in [0.717, 1.165) is 31.4 Å². The molecule has 3 rings (SSSR count). The molecule has 0 saturated heterocycles. The Labute approximate surface area is 166 Å². The number of carbonyl (C=O) groups is 1. The third-order valence-corrected chi connectivity index (χ3v) is 6.16. The molecule has 1 aliphatic carbocycles. The van der Waals surface area contributed by atoms with E-state index in [1.807, 2.05) is 6.07 Å². The Kier molecular flexibility index (Phi) is 5.37. The molecule has 0 amide bonds. The zero-order chi connectivity index (χ0) is 21.6. The molecule has 1 fully saturated rings. The first kappa shape index (κ1) is 21.2. The van der Waals surface area contributed by atoms with Gasteiger partial charge in [-0.15, -0.1) is 0 Å². The van der Waals surface area contributed by atoms with Crippen LogP contribution in [0.4, 0.5) is 17.6 Å². The number of alkyl halides is 3. The second kappa shape index (κ2) is 7.36. The van der Waals surface area contributed by atoms with E-state index in [9.17, 15) is 32.7 Å². The molecule has 1 aromatic rings. The van der Waals surface area contributed by atoms with Gasteiger partial charge in [-0.25, -0.2) is 4.39 Å². The summed E-state index contributed by atoms with van der Waals surface area (Å²) in [7, 11) is 0. The lowest BCUT2D eigenvalue weighted by atomic mass is 9.61. The van der Waals surface area contributed by atoms with E-state index in [0.29, 0.717) is 24.1 Å². The molecule has 0 aromatic heterocycles. The molecule has 1 saturated carbocycles. The number of carboxylic acids is 1. The lowest BCUT2D eigenvalue weighted by Crippen LogP contribution is -2.59. The molecule has 156 valence electrons. The molecule has 0 radical (unpaired) electrons. The summed E-state index contributed by atoms with van der Waals surface area (Å²) in [5.41, 5.74) is -3.32. The highest BCUT2D eigenvalue weighted by molar-refractivity contribution is 5.77. The summed E-state index contributed by atoms with van der Waals surface area (Å²) in [5, 5.41) is 25.0. The summed E-state index contributed by atoms with van der Waals surface area (Å²) in [4.78, 5) is 12.3. The van der Waals surface area contributed by atoms with Crippen molar-refractivity contribution in [2.75, 3.05) is 0 Å². The number of carbonyl (C=O) groups excluding carboxylic acids is 1. The predicted molar refractivity (Wildman–Crippen MR) is 94.5 cm³/mol. The van der Waals surface area contributed by atoms with Gasteiger partial charge in [0.25, 0.3) is 0 Å². The first-order valence-electron chi connectivity index (χ1n) is 9.45. The van der Waals surface area contributed by atoms with Crippen LogP contribution in [-0.2, 0) is 11.0 Å². The minimum absolute atomic E-state index is 0.114. The van der Waals surface area contributed by atoms with Crippen molar-refractivity contribution in [1.29, 1.82) is 5.26 Å². The van der Waals surface area contributed by atoms with Crippen LogP contribution in [0.5, 0.6) is 0 Å². The van der Waals surface area contributed by atoms with Gasteiger partial charge in [-0.05, 0) is 43.4 Å². The van der Waals surface area contributed by atoms with E-state index in [4.69, 9.17) is 0 Å². The molecule has 2 aliphatic rings. The largest absolute Gasteiger partial charge is 0.549 e. The Balaban J connectivity index is 2.21. The van der Waals surface area contributed by atoms with Gasteiger partial charge in [-0.2, -0.15) is 18.4 Å². The normalized spacial score (nSPS) is 27.3. The lowest BCUT2D eigenvalue weighted by Gasteiger charge is -2.49. The summed E-state index contributed by atoms with van der Waals surface area (Å²) >= 11 is 0. The maximum Gasteiger partial charge on any atom is 0.416 e. The summed E-state index contributed by atoms with van der Waals surface area (Å²) in [6.45, 7) is 2.85. The number of benzene rings is 1. The Morgan fingerprint density at radius 3 is 2.52 bits per heavy atom. The fraction of sp³-hybridized carbons (Fsp3) is 0.524. The minimum atomic E-state index is -4.91. The maximum absolute atomic E-state index is 13.7. The van der Waals surface area contributed by atoms with Crippen LogP contribution in [0.1, 0.15) is 56.6 Å². The molecular formula is C21H21F4N2O2-. The summed E-state index contributed by atoms with van der Waals surface area (Å²) in [6, 6.07) is 3.27. The number of carboxylic acid groups (broad SMARTS) is 1. The quantitative estimate of drug-likeness (QED) is 0.754. The molecule has 8 heteroatoms. The van der Waals surface area contributed by atoms with Crippen LogP contribution in [0.2, 0.25) is 0 Å². The average Bonchev–Trinajstić information content (AvgIpc) is 3.45. The molecule has 0 bridgehead atoms. The van der Waals surface area contributed by atoms with Crippen molar-refractivity contribution in [3.05, 3.63) is 46.4 Å². The Morgan fingerprint density at radius 2 is 2.00 bits per heavy atom. The molecule has 3 atom stereocenters. The van der Waals surface area contributed by atoms with Crippen LogP contribution in [0.15, 0.2) is 29.5 Å². The summed E-state index contributed by atoms with van der Waals surface area (Å²) in [6.07, 6.45) is -1.66. The number of allylic oxidation sites excluding steroid dienone is 2. The van der Waals surface area contributed by atoms with Crippen molar-refractivity contribution in [3.8, 4) is 6.07 Å². The minimum Gasteiger partial charge on any atom is -0.549 e. The van der Waals surface area contributed by atoms with Crippen molar-refractivity contribution in [3.63, 3.8) is 0 Å². The van der Waals surface area contributed by atoms with Gasteiger partial charge in [0, 0.05) is 23.1 Å². The second-order valence-electron chi connectivity index (χ2n) is 8.10. The topological polar surface area (TPSA) is 76.0 Å². The smallest absolute Gasteiger partial charge is 0.416 e. The summed E-state index contributed by atoms with van der Waals surface area (Å²) < 4.78 is 54.7. The predicted octanol–water partition coefficient (Wildman–Crippen LogP) is 3.64. The van der Waals surface area contributed by atoms with Gasteiger partial charge >= 0.3 is 6.18 Å². The monoisotopic (exact) mass is 409 g/mol. The lowest BCUT2D eigenvalue weighted by molar-refractivity contribution is -0.321. The average molecular weight is 409 g/mol. The number of halogens is 4. The molecule has 29 heavy (non-hydrogen) atoms. The van der Waals surface area contributed by atoms with Gasteiger partial charge in [0.05, 0.1) is 23.2 Å². The number of nitrogens with one attached hydrogen (secondary N) is 1. The number of nitrogens with zero attached hydrogens (tertiary/aromatic N) is 1. The van der Waals surface area contributed by atoms with E-state index in [-0.39, 0.29) is 5.57 Å². The zero-order valence-electron chi connectivity index (χ0n) is 16.1. The number of aliphatic carboxylic acids is 1. The molecule has 3 unspecified atom stereocenters. The zero-order valence-corrected chi connectivity index (χ0v) is 16.1. The Bertz CT molecular complexity index is 899. The van der Waals surface area contributed by atoms with Crippen LogP contribution in [0.25, 0.3) is 0 Å². The molecule has 4 nitrogen and oxygen atoms in total. The van der Waals surface area contributed by atoms with Crippen molar-refractivity contribution >= 4 is 5.97 Å². The number of rotatable bonds is 5. The fourth-order valence-electron chi connectivity index (χ4n) is 4.30. The van der Waals surface area contributed by atoms with E-state index in [1.165, 1.54) is 6.92 Å². The maximum atomic E-state index is 13.7. The van der Waals surface area contributed by atoms with Crippen molar-refractivity contribution in [2.24, 2.45) is 11.3 Å². The van der Waals surface area contributed by atoms with Crippen molar-refractivity contribution < 1.29 is 27.5 Å². The Hall–Kier alpha value is -2.56. The molecule has 1 heterocycles. The van der Waals surface area contributed by atoms with Gasteiger partial charge in [0.1, 0.15) is 5.82 Å². The van der Waals surface area contributed by atoms with Crippen LogP contribution in [0, 0.1) is 28.5 Å². The van der Waals surface area contributed by atoms with E-state index >= 15 is 0 Å². The van der Waals surface area contributed by atoms with Crippen molar-refractivity contribution in [2.45, 2.75) is 57.7 Å². The van der Waals surface area contributed by atoms with Crippen LogP contribution in [-0.4, -0.2) is 12.0 Å². The van der Waals surface area contributed by atoms with Crippen LogP contribution in [0.3, 0.4) is 0 Å². The van der Waals surface area contributed by atoms with Gasteiger partial charge in [-0.3, -0.25) is 0 Å². The first-order chi connectivity index (χ1) is 13.5. The SMILES string of the molecule is CC1=C(C#N)C(c2ccc(F)cc2C(F)(F)F)C(C)(C(=O)[O-])C(CCC2CC2)N1. The molecule has 0 spiro atoms. The van der Waals surface area contributed by atoms with Crippen LogP contribution < -0.4 is 10.4 Å². The Morgan fingerprint density at radius 1 is 1.34 bits per heavy atom. The highest BCUT2D eigenvalue weighted by Gasteiger charge is 2.51. The third-order valence-electron chi connectivity index (χ3n) is 6.16. The van der Waals surface area contributed by atoms with Crippen molar-refractivity contribution in [1.82, 2.24) is 5.32 Å². The van der Waals surface area contributed by atoms with Gasteiger partial charge in [-0.1, -0.05) is 25.8 Å². The first-order valence-corrected chi connectivity index (χ1v) is 9.45. The highest BCUT2D eigenvalue weighted by atomic mass is 19.4. The van der Waals surface area contributed by atoms with Gasteiger partial charge in [0.15, 0.2) is 0 Å². The highest BCUT2D eigenvalue weighted by Crippen LogP contribution is 2.51. The third kappa shape index (κ3) is 3.83. The molecule has 1 aromatic carbocycles. The van der Waals surface area contributed by atoms with Gasteiger partial charge < -0.3 is 15.2 Å². The second-order valence-corrected chi connectivity index (χ2v) is 8.10. The van der Waals surface area contributed by atoms with Crippen LogP contribution >= 0.6 is 0 Å². The summed E-state index contributed by atoms with van der Waals surface area (Å²) in [5.74, 6) is -3.57. The standard InChI is InChI=1S/C21H22F4N2O2/c1-11-15(10-26)18(14-7-6-13(22)9-16(14)21(23,24)25)20(2,19(28)29)17(27-11)8-5-12-3-4-12/h6-7,9,12,17-18,27H,3-5,8H2,1-2H3,(H,28,29)/p-1. The number of hydrogen-bond donors (Lipinski definition) is 1. The number of hydrogen-bond acceptors (Lipinski definition) is 4. The fourth-order valence-corrected chi connectivity index (χ4v) is 4.30. The number of nitriles is 1. The van der Waals surface area contributed by atoms with E-state index < -0.39 is 46.5 Å². The van der Waals surface area contributed by atoms with E-state index in [1.54, 1.807) is 6.92 Å².